The first-order valence-corrected chi connectivity index (χ1v) is 8.02. The summed E-state index contributed by atoms with van der Waals surface area (Å²) in [6.07, 6.45) is 2.11. The highest BCUT2D eigenvalue weighted by Crippen LogP contribution is 2.22. The number of benzene rings is 1. The van der Waals surface area contributed by atoms with Crippen molar-refractivity contribution < 1.29 is 9.90 Å². The van der Waals surface area contributed by atoms with Gasteiger partial charge in [-0.1, -0.05) is 37.6 Å². The van der Waals surface area contributed by atoms with Gasteiger partial charge in [0.1, 0.15) is 0 Å². The minimum atomic E-state index is -0.0279. The largest absolute Gasteiger partial charge is 0.392 e. The molecular formula is C17H21NO2S. The number of aliphatic hydroxyl groups excluding tert-OH is 1. The highest BCUT2D eigenvalue weighted by atomic mass is 32.1. The minimum absolute atomic E-state index is 0.0201. The highest BCUT2D eigenvalue weighted by Gasteiger charge is 2.11. The fourth-order valence-corrected chi connectivity index (χ4v) is 3.24. The van der Waals surface area contributed by atoms with Crippen LogP contribution in [0.25, 0.3) is 0 Å². The van der Waals surface area contributed by atoms with Gasteiger partial charge in [-0.05, 0) is 36.1 Å². The molecule has 3 nitrogen and oxygen atoms in total. The molecule has 1 aromatic heterocycles. The van der Waals surface area contributed by atoms with Crippen molar-refractivity contribution in [2.24, 2.45) is 0 Å². The maximum Gasteiger partial charge on any atom is 0.261 e. The molecule has 112 valence electrons. The van der Waals surface area contributed by atoms with Crippen LogP contribution >= 0.6 is 11.3 Å². The van der Waals surface area contributed by atoms with E-state index >= 15 is 0 Å². The van der Waals surface area contributed by atoms with Crippen LogP contribution in [-0.4, -0.2) is 11.0 Å². The Labute approximate surface area is 129 Å². The third-order valence-electron chi connectivity index (χ3n) is 3.39. The van der Waals surface area contributed by atoms with E-state index in [1.807, 2.05) is 30.3 Å². The van der Waals surface area contributed by atoms with Crippen molar-refractivity contribution in [3.05, 3.63) is 56.8 Å². The van der Waals surface area contributed by atoms with Crippen molar-refractivity contribution in [2.45, 2.75) is 39.8 Å². The quantitative estimate of drug-likeness (QED) is 0.859. The summed E-state index contributed by atoms with van der Waals surface area (Å²) in [6.45, 7) is 4.71. The molecule has 0 saturated heterocycles. The number of rotatable bonds is 6. The first-order chi connectivity index (χ1) is 10.1. The summed E-state index contributed by atoms with van der Waals surface area (Å²) in [4.78, 5) is 14.2. The number of thiophene rings is 1. The van der Waals surface area contributed by atoms with Crippen LogP contribution in [0.3, 0.4) is 0 Å². The van der Waals surface area contributed by atoms with Gasteiger partial charge in [0.05, 0.1) is 11.5 Å². The second-order valence-electron chi connectivity index (χ2n) is 5.10. The Hall–Kier alpha value is -1.65. The van der Waals surface area contributed by atoms with Crippen LogP contribution in [0.5, 0.6) is 0 Å². The van der Waals surface area contributed by atoms with Crippen LogP contribution < -0.4 is 5.32 Å². The van der Waals surface area contributed by atoms with Crippen molar-refractivity contribution >= 4 is 17.2 Å². The average molecular weight is 303 g/mol. The molecule has 2 N–H and O–H groups in total. The number of aryl methyl sites for hydroxylation is 2. The van der Waals surface area contributed by atoms with E-state index in [1.54, 1.807) is 11.3 Å². The maximum atomic E-state index is 12.2. The van der Waals surface area contributed by atoms with E-state index in [4.69, 9.17) is 5.11 Å². The Balaban J connectivity index is 1.99. The molecule has 1 aromatic carbocycles. The molecule has 0 saturated carbocycles. The molecule has 0 bridgehead atoms. The molecule has 1 heterocycles. The summed E-state index contributed by atoms with van der Waals surface area (Å²) >= 11 is 1.55. The van der Waals surface area contributed by atoms with Crippen LogP contribution in [-0.2, 0) is 19.6 Å². The second kappa shape index (κ2) is 7.38. The summed E-state index contributed by atoms with van der Waals surface area (Å²) in [6, 6.07) is 9.61. The summed E-state index contributed by atoms with van der Waals surface area (Å²) in [5.41, 5.74) is 3.13. The smallest absolute Gasteiger partial charge is 0.261 e. The number of hydrogen-bond donors (Lipinski definition) is 2. The van der Waals surface area contributed by atoms with E-state index in [0.717, 1.165) is 28.8 Å². The van der Waals surface area contributed by atoms with Gasteiger partial charge in [0.2, 0.25) is 0 Å². The molecule has 0 spiro atoms. The van der Waals surface area contributed by atoms with Gasteiger partial charge in [-0.25, -0.2) is 0 Å². The Morgan fingerprint density at radius 2 is 2.05 bits per heavy atom. The molecular weight excluding hydrogens is 282 g/mol. The summed E-state index contributed by atoms with van der Waals surface area (Å²) in [5, 5.41) is 12.1. The van der Waals surface area contributed by atoms with Gasteiger partial charge in [0.15, 0.2) is 0 Å². The van der Waals surface area contributed by atoms with Crippen molar-refractivity contribution in [3.8, 4) is 0 Å². The normalized spacial score (nSPS) is 10.6. The Morgan fingerprint density at radius 1 is 1.29 bits per heavy atom. The third-order valence-corrected chi connectivity index (χ3v) is 4.48. The molecule has 21 heavy (non-hydrogen) atoms. The predicted molar refractivity (Wildman–Crippen MR) is 86.6 cm³/mol. The molecule has 0 aliphatic rings. The molecule has 0 fully saturated rings. The van der Waals surface area contributed by atoms with Gasteiger partial charge in [-0.15, -0.1) is 11.3 Å². The lowest BCUT2D eigenvalue weighted by molar-refractivity contribution is 0.0955. The zero-order chi connectivity index (χ0) is 15.2. The Morgan fingerprint density at radius 3 is 2.76 bits per heavy atom. The summed E-state index contributed by atoms with van der Waals surface area (Å²) < 4.78 is 0. The van der Waals surface area contributed by atoms with Gasteiger partial charge < -0.3 is 10.4 Å². The summed E-state index contributed by atoms with van der Waals surface area (Å²) in [5.74, 6) is -0.0279. The lowest BCUT2D eigenvalue weighted by atomic mass is 10.1. The van der Waals surface area contributed by atoms with E-state index in [-0.39, 0.29) is 12.5 Å². The van der Waals surface area contributed by atoms with E-state index < -0.39 is 0 Å². The Bertz CT molecular complexity index is 619. The van der Waals surface area contributed by atoms with Crippen molar-refractivity contribution in [1.29, 1.82) is 0 Å². The molecule has 4 heteroatoms. The fraction of sp³-hybridized carbons (Fsp3) is 0.353. The minimum Gasteiger partial charge on any atom is -0.392 e. The van der Waals surface area contributed by atoms with E-state index in [1.165, 1.54) is 10.4 Å². The topological polar surface area (TPSA) is 49.3 Å². The standard InChI is InChI=1S/C17H21NO2S/c1-3-5-15-9-16(21-12(15)2)17(20)18-10-13-6-4-7-14(8-13)11-19/h4,6-9,19H,3,5,10-11H2,1-2H3,(H,18,20). The lowest BCUT2D eigenvalue weighted by Gasteiger charge is -2.05. The third kappa shape index (κ3) is 4.16. The van der Waals surface area contributed by atoms with Crippen LogP contribution in [0.1, 0.15) is 44.6 Å². The van der Waals surface area contributed by atoms with Crippen LogP contribution in [0.15, 0.2) is 30.3 Å². The average Bonchev–Trinajstić information content (AvgIpc) is 2.87. The number of carbonyl (C=O) groups is 1. The fourth-order valence-electron chi connectivity index (χ4n) is 2.26. The second-order valence-corrected chi connectivity index (χ2v) is 6.36. The van der Waals surface area contributed by atoms with E-state index in [9.17, 15) is 4.79 Å². The summed E-state index contributed by atoms with van der Waals surface area (Å²) in [7, 11) is 0. The monoisotopic (exact) mass is 303 g/mol. The number of carbonyl (C=O) groups excluding carboxylic acids is 1. The first-order valence-electron chi connectivity index (χ1n) is 7.20. The molecule has 0 radical (unpaired) electrons. The highest BCUT2D eigenvalue weighted by molar-refractivity contribution is 7.14. The maximum absolute atomic E-state index is 12.2. The number of aliphatic hydroxyl groups is 1. The number of amides is 1. The zero-order valence-corrected chi connectivity index (χ0v) is 13.3. The predicted octanol–water partition coefficient (Wildman–Crippen LogP) is 3.43. The molecule has 0 atom stereocenters. The van der Waals surface area contributed by atoms with Gasteiger partial charge in [-0.2, -0.15) is 0 Å². The van der Waals surface area contributed by atoms with Crippen LogP contribution in [0.4, 0.5) is 0 Å². The first kappa shape index (κ1) is 15.7. The van der Waals surface area contributed by atoms with Crippen LogP contribution in [0, 0.1) is 6.92 Å². The molecule has 0 unspecified atom stereocenters. The lowest BCUT2D eigenvalue weighted by Crippen LogP contribution is -2.21. The van der Waals surface area contributed by atoms with Gasteiger partial charge in [0.25, 0.3) is 5.91 Å². The molecule has 2 rings (SSSR count). The zero-order valence-electron chi connectivity index (χ0n) is 12.5. The van der Waals surface area contributed by atoms with Crippen LogP contribution in [0.2, 0.25) is 0 Å². The van der Waals surface area contributed by atoms with Crippen molar-refractivity contribution in [2.75, 3.05) is 0 Å². The van der Waals surface area contributed by atoms with E-state index in [0.29, 0.717) is 6.54 Å². The number of hydrogen-bond acceptors (Lipinski definition) is 3. The molecule has 2 aromatic rings. The SMILES string of the molecule is CCCc1cc(C(=O)NCc2cccc(CO)c2)sc1C. The van der Waals surface area contributed by atoms with Crippen molar-refractivity contribution in [3.63, 3.8) is 0 Å². The van der Waals surface area contributed by atoms with Gasteiger partial charge in [0, 0.05) is 11.4 Å². The van der Waals surface area contributed by atoms with E-state index in [2.05, 4.69) is 19.2 Å². The van der Waals surface area contributed by atoms with Gasteiger partial charge in [-0.3, -0.25) is 4.79 Å². The Kier molecular flexibility index (Phi) is 5.53. The molecule has 0 aliphatic heterocycles. The number of nitrogens with one attached hydrogen (secondary N) is 1. The molecule has 0 aliphatic carbocycles. The van der Waals surface area contributed by atoms with Gasteiger partial charge >= 0.3 is 0 Å². The molecule has 1 amide bonds. The van der Waals surface area contributed by atoms with Crippen molar-refractivity contribution in [1.82, 2.24) is 5.32 Å².